The van der Waals surface area contributed by atoms with Crippen molar-refractivity contribution in [2.24, 2.45) is 0 Å². The molecule has 0 aliphatic carbocycles. The molecular weight excluding hydrogens is 400 g/mol. The number of carbonyl (C=O) groups excluding carboxylic acids is 2. The van der Waals surface area contributed by atoms with Gasteiger partial charge < -0.3 is 14.2 Å². The van der Waals surface area contributed by atoms with Crippen molar-refractivity contribution in [3.8, 4) is 11.3 Å². The Morgan fingerprint density at radius 2 is 1.96 bits per heavy atom. The molecule has 7 heteroatoms. The fraction of sp³-hybridized carbons (Fsp3) is 0.421. The largest absolute Gasteiger partial charge is 0.458 e. The second-order valence-corrected chi connectivity index (χ2v) is 8.19. The summed E-state index contributed by atoms with van der Waals surface area (Å²) in [7, 11) is 0. The van der Waals surface area contributed by atoms with E-state index in [9.17, 15) is 9.59 Å². The zero-order valence-electron chi connectivity index (χ0n) is 15.0. The van der Waals surface area contributed by atoms with Crippen LogP contribution >= 0.6 is 15.9 Å². The second kappa shape index (κ2) is 7.23. The van der Waals surface area contributed by atoms with E-state index in [-0.39, 0.29) is 17.6 Å². The lowest BCUT2D eigenvalue weighted by atomic mass is 10.1. The summed E-state index contributed by atoms with van der Waals surface area (Å²) in [5.41, 5.74) is 0.838. The summed E-state index contributed by atoms with van der Waals surface area (Å²) in [6, 6.07) is 8.58. The summed E-state index contributed by atoms with van der Waals surface area (Å²) in [6.45, 7) is 5.93. The third-order valence-electron chi connectivity index (χ3n) is 4.05. The van der Waals surface area contributed by atoms with Crippen molar-refractivity contribution in [3.05, 3.63) is 40.6 Å². The molecule has 0 unspecified atom stereocenters. The standard InChI is InChI=1S/C19H21BrN2O4/c1-19(2,3)25-18(24)15-5-4-10-22(15)17(23)16-11-14(21-26-16)12-6-8-13(20)9-7-12/h6-9,11,15H,4-5,10H2,1-3H3/t15-/m1/s1. The predicted molar refractivity (Wildman–Crippen MR) is 99.5 cm³/mol. The second-order valence-electron chi connectivity index (χ2n) is 7.27. The number of hydrogen-bond acceptors (Lipinski definition) is 5. The molecular formula is C19H21BrN2O4. The van der Waals surface area contributed by atoms with Gasteiger partial charge in [0.25, 0.3) is 5.91 Å². The first-order valence-corrected chi connectivity index (χ1v) is 9.30. The predicted octanol–water partition coefficient (Wildman–Crippen LogP) is 4.05. The highest BCUT2D eigenvalue weighted by atomic mass is 79.9. The van der Waals surface area contributed by atoms with Crippen molar-refractivity contribution in [1.29, 1.82) is 0 Å². The number of rotatable bonds is 3. The van der Waals surface area contributed by atoms with Crippen LogP contribution in [-0.4, -0.2) is 40.1 Å². The van der Waals surface area contributed by atoms with Gasteiger partial charge in [-0.05, 0) is 45.7 Å². The molecule has 1 aliphatic heterocycles. The van der Waals surface area contributed by atoms with Gasteiger partial charge in [0.15, 0.2) is 0 Å². The Morgan fingerprint density at radius 1 is 1.27 bits per heavy atom. The summed E-state index contributed by atoms with van der Waals surface area (Å²) in [5.74, 6) is -0.594. The Balaban J connectivity index is 1.76. The van der Waals surface area contributed by atoms with Crippen LogP contribution in [0.4, 0.5) is 0 Å². The van der Waals surface area contributed by atoms with Gasteiger partial charge in [-0.2, -0.15) is 0 Å². The Hall–Kier alpha value is -2.15. The molecule has 3 rings (SSSR count). The molecule has 1 amide bonds. The molecule has 0 saturated carbocycles. The van der Waals surface area contributed by atoms with E-state index < -0.39 is 11.6 Å². The Kier molecular flexibility index (Phi) is 5.18. The Morgan fingerprint density at radius 3 is 2.62 bits per heavy atom. The molecule has 138 valence electrons. The van der Waals surface area contributed by atoms with Gasteiger partial charge in [-0.1, -0.05) is 33.2 Å². The lowest BCUT2D eigenvalue weighted by Gasteiger charge is -2.26. The van der Waals surface area contributed by atoms with Crippen LogP contribution in [0.3, 0.4) is 0 Å². The molecule has 0 radical (unpaired) electrons. The third-order valence-corrected chi connectivity index (χ3v) is 4.58. The normalized spacial score (nSPS) is 17.4. The summed E-state index contributed by atoms with van der Waals surface area (Å²) >= 11 is 3.38. The smallest absolute Gasteiger partial charge is 0.329 e. The van der Waals surface area contributed by atoms with E-state index in [0.717, 1.165) is 16.5 Å². The number of hydrogen-bond donors (Lipinski definition) is 0. The summed E-state index contributed by atoms with van der Waals surface area (Å²) in [4.78, 5) is 26.7. The minimum atomic E-state index is -0.588. The SMILES string of the molecule is CC(C)(C)OC(=O)[C@H]1CCCN1C(=O)c1cc(-c2ccc(Br)cc2)no1. The number of ether oxygens (including phenoxy) is 1. The lowest BCUT2D eigenvalue weighted by Crippen LogP contribution is -2.43. The van der Waals surface area contributed by atoms with Crippen LogP contribution in [0.15, 0.2) is 39.3 Å². The number of benzene rings is 1. The van der Waals surface area contributed by atoms with E-state index in [4.69, 9.17) is 9.26 Å². The van der Waals surface area contributed by atoms with Crippen LogP contribution in [0.5, 0.6) is 0 Å². The first-order valence-electron chi connectivity index (χ1n) is 8.51. The molecule has 0 N–H and O–H groups in total. The van der Waals surface area contributed by atoms with Gasteiger partial charge in [-0.3, -0.25) is 4.79 Å². The summed E-state index contributed by atoms with van der Waals surface area (Å²) < 4.78 is 11.6. The summed E-state index contributed by atoms with van der Waals surface area (Å²) in [6.07, 6.45) is 1.34. The average molecular weight is 421 g/mol. The number of halogens is 1. The number of carbonyl (C=O) groups is 2. The van der Waals surface area contributed by atoms with Crippen molar-refractivity contribution in [2.45, 2.75) is 45.3 Å². The van der Waals surface area contributed by atoms with Crippen LogP contribution in [0, 0.1) is 0 Å². The van der Waals surface area contributed by atoms with E-state index in [1.165, 1.54) is 4.90 Å². The van der Waals surface area contributed by atoms with E-state index >= 15 is 0 Å². The Bertz CT molecular complexity index is 808. The number of aromatic nitrogens is 1. The van der Waals surface area contributed by atoms with E-state index in [0.29, 0.717) is 18.7 Å². The molecule has 2 aromatic rings. The first kappa shape index (κ1) is 18.6. The number of likely N-dealkylation sites (tertiary alicyclic amines) is 1. The van der Waals surface area contributed by atoms with Gasteiger partial charge >= 0.3 is 5.97 Å². The highest BCUT2D eigenvalue weighted by molar-refractivity contribution is 9.10. The maximum Gasteiger partial charge on any atom is 0.329 e. The van der Waals surface area contributed by atoms with Crippen LogP contribution in [0.1, 0.15) is 44.2 Å². The van der Waals surface area contributed by atoms with Crippen LogP contribution in [0.2, 0.25) is 0 Å². The van der Waals surface area contributed by atoms with Gasteiger partial charge in [-0.25, -0.2) is 4.79 Å². The average Bonchev–Trinajstić information content (AvgIpc) is 3.23. The molecule has 1 aromatic heterocycles. The molecule has 0 bridgehead atoms. The van der Waals surface area contributed by atoms with Gasteiger partial charge in [0.05, 0.1) is 0 Å². The zero-order valence-corrected chi connectivity index (χ0v) is 16.6. The van der Waals surface area contributed by atoms with Gasteiger partial charge in [0.1, 0.15) is 17.3 Å². The molecule has 1 aromatic carbocycles. The molecule has 1 aliphatic rings. The van der Waals surface area contributed by atoms with Crippen molar-refractivity contribution >= 4 is 27.8 Å². The van der Waals surface area contributed by atoms with Gasteiger partial charge in [0.2, 0.25) is 5.76 Å². The number of amides is 1. The van der Waals surface area contributed by atoms with Crippen molar-refractivity contribution < 1.29 is 18.8 Å². The lowest BCUT2D eigenvalue weighted by molar-refractivity contribution is -0.159. The minimum absolute atomic E-state index is 0.123. The number of esters is 1. The highest BCUT2D eigenvalue weighted by Crippen LogP contribution is 2.26. The zero-order chi connectivity index (χ0) is 18.9. The maximum atomic E-state index is 12.8. The third kappa shape index (κ3) is 4.15. The quantitative estimate of drug-likeness (QED) is 0.700. The Labute approximate surface area is 160 Å². The fourth-order valence-corrected chi connectivity index (χ4v) is 3.16. The van der Waals surface area contributed by atoms with Gasteiger partial charge in [0, 0.05) is 22.6 Å². The number of nitrogens with zero attached hydrogens (tertiary/aromatic N) is 2. The molecule has 2 heterocycles. The van der Waals surface area contributed by atoms with Crippen LogP contribution in [0.25, 0.3) is 11.3 Å². The van der Waals surface area contributed by atoms with E-state index in [2.05, 4.69) is 21.1 Å². The maximum absolute atomic E-state index is 12.8. The van der Waals surface area contributed by atoms with E-state index in [1.54, 1.807) is 6.07 Å². The van der Waals surface area contributed by atoms with Crippen LogP contribution in [-0.2, 0) is 9.53 Å². The van der Waals surface area contributed by atoms with Crippen molar-refractivity contribution in [1.82, 2.24) is 10.1 Å². The molecule has 0 spiro atoms. The first-order chi connectivity index (χ1) is 12.2. The monoisotopic (exact) mass is 420 g/mol. The molecule has 1 saturated heterocycles. The molecule has 1 fully saturated rings. The van der Waals surface area contributed by atoms with Crippen LogP contribution < -0.4 is 0 Å². The highest BCUT2D eigenvalue weighted by Gasteiger charge is 2.38. The molecule has 26 heavy (non-hydrogen) atoms. The van der Waals surface area contributed by atoms with Crippen molar-refractivity contribution in [3.63, 3.8) is 0 Å². The van der Waals surface area contributed by atoms with E-state index in [1.807, 2.05) is 45.0 Å². The topological polar surface area (TPSA) is 72.6 Å². The molecule has 1 atom stereocenters. The minimum Gasteiger partial charge on any atom is -0.458 e. The summed E-state index contributed by atoms with van der Waals surface area (Å²) in [5, 5.41) is 3.98. The van der Waals surface area contributed by atoms with Crippen molar-refractivity contribution in [2.75, 3.05) is 6.54 Å². The van der Waals surface area contributed by atoms with Gasteiger partial charge in [-0.15, -0.1) is 0 Å². The molecule has 6 nitrogen and oxygen atoms in total. The fourth-order valence-electron chi connectivity index (χ4n) is 2.90.